The average molecular weight is 488 g/mol. The lowest BCUT2D eigenvalue weighted by molar-refractivity contribution is -0.157. The van der Waals surface area contributed by atoms with Crippen molar-refractivity contribution < 1.29 is 14.4 Å². The zero-order valence-corrected chi connectivity index (χ0v) is 21.3. The molecule has 5 atom stereocenters. The van der Waals surface area contributed by atoms with E-state index in [0.717, 1.165) is 58.5 Å². The van der Waals surface area contributed by atoms with Crippen molar-refractivity contribution in [1.82, 2.24) is 14.7 Å². The van der Waals surface area contributed by atoms with Gasteiger partial charge < -0.3 is 4.90 Å². The second kappa shape index (κ2) is 10.1. The Morgan fingerprint density at radius 1 is 0.882 bits per heavy atom. The van der Waals surface area contributed by atoms with E-state index in [1.807, 2.05) is 0 Å². The third kappa shape index (κ3) is 4.57. The van der Waals surface area contributed by atoms with E-state index in [9.17, 15) is 14.4 Å². The van der Waals surface area contributed by atoms with Gasteiger partial charge in [0.2, 0.25) is 11.8 Å². The lowest BCUT2D eigenvalue weighted by atomic mass is 9.48. The second-order valence-corrected chi connectivity index (χ2v) is 11.1. The molecule has 1 aromatic rings. The van der Waals surface area contributed by atoms with E-state index in [4.69, 9.17) is 0 Å². The van der Waals surface area contributed by atoms with Crippen LogP contribution < -0.4 is 0 Å². The zero-order chi connectivity index (χ0) is 23.2. The van der Waals surface area contributed by atoms with Gasteiger partial charge in [-0.3, -0.25) is 24.2 Å². The third-order valence-electron chi connectivity index (χ3n) is 8.75. The lowest BCUT2D eigenvalue weighted by Crippen LogP contribution is -2.56. The van der Waals surface area contributed by atoms with Gasteiger partial charge in [-0.05, 0) is 42.7 Å². The van der Waals surface area contributed by atoms with Crippen molar-refractivity contribution in [2.45, 2.75) is 46.1 Å². The van der Waals surface area contributed by atoms with Gasteiger partial charge in [0.25, 0.3) is 0 Å². The van der Waals surface area contributed by atoms with Gasteiger partial charge in [-0.2, -0.15) is 0 Å². The Morgan fingerprint density at radius 3 is 2.21 bits per heavy atom. The summed E-state index contributed by atoms with van der Waals surface area (Å²) in [5.41, 5.74) is 1.03. The van der Waals surface area contributed by atoms with Crippen LogP contribution in [0.1, 0.15) is 45.1 Å². The van der Waals surface area contributed by atoms with Crippen molar-refractivity contribution in [2.24, 2.45) is 29.1 Å². The molecule has 0 aromatic heterocycles. The van der Waals surface area contributed by atoms with Gasteiger partial charge in [0.05, 0.1) is 11.8 Å². The van der Waals surface area contributed by atoms with Gasteiger partial charge in [-0.25, -0.2) is 0 Å². The maximum absolute atomic E-state index is 13.2. The molecule has 2 heterocycles. The van der Waals surface area contributed by atoms with Crippen LogP contribution in [-0.4, -0.2) is 71.6 Å². The molecule has 6 rings (SSSR count). The van der Waals surface area contributed by atoms with Crippen LogP contribution >= 0.6 is 12.4 Å². The number of likely N-dealkylation sites (tertiary alicyclic amines) is 1. The molecule has 1 aromatic carbocycles. The molecular weight excluding hydrogens is 450 g/mol. The molecule has 0 radical (unpaired) electrons. The minimum Gasteiger partial charge on any atom is -0.301 e. The lowest BCUT2D eigenvalue weighted by Gasteiger charge is -2.52. The molecule has 5 fully saturated rings. The highest BCUT2D eigenvalue weighted by atomic mass is 35.5. The summed E-state index contributed by atoms with van der Waals surface area (Å²) in [6.07, 6.45) is 3.17. The van der Waals surface area contributed by atoms with E-state index in [0.29, 0.717) is 13.0 Å². The van der Waals surface area contributed by atoms with Crippen molar-refractivity contribution >= 4 is 30.0 Å². The minimum atomic E-state index is -0.398. The predicted octanol–water partition coefficient (Wildman–Crippen LogP) is 3.24. The Labute approximate surface area is 209 Å². The van der Waals surface area contributed by atoms with E-state index in [2.05, 4.69) is 54.0 Å². The number of unbranched alkanes of at least 4 members (excludes halogenated alkanes) is 1. The molecule has 0 spiro atoms. The van der Waals surface area contributed by atoms with Crippen LogP contribution in [-0.2, 0) is 20.9 Å². The molecular formula is C27H38ClN3O3. The summed E-state index contributed by atoms with van der Waals surface area (Å²) in [5, 5.41) is 0. The summed E-state index contributed by atoms with van der Waals surface area (Å²) in [4.78, 5) is 45.6. The van der Waals surface area contributed by atoms with Crippen LogP contribution in [0, 0.1) is 29.1 Å². The number of fused-ring (bicyclic) bond motifs is 2. The number of halogens is 1. The van der Waals surface area contributed by atoms with Gasteiger partial charge in [-0.1, -0.05) is 44.2 Å². The monoisotopic (exact) mass is 487 g/mol. The fourth-order valence-corrected chi connectivity index (χ4v) is 7.24. The van der Waals surface area contributed by atoms with Gasteiger partial charge in [0, 0.05) is 51.6 Å². The number of carbonyl (C=O) groups excluding carboxylic acids is 3. The number of Topliss-reactive ketones (excluding diaryl/α,β-unsaturated/α-hetero) is 1. The molecule has 5 aliphatic rings. The molecule has 2 aliphatic heterocycles. The van der Waals surface area contributed by atoms with Crippen LogP contribution in [0.5, 0.6) is 0 Å². The molecule has 186 valence electrons. The van der Waals surface area contributed by atoms with Crippen molar-refractivity contribution in [2.75, 3.05) is 39.3 Å². The topological polar surface area (TPSA) is 60.9 Å². The number of hydrogen-bond acceptors (Lipinski definition) is 5. The highest BCUT2D eigenvalue weighted by molar-refractivity contribution is 6.09. The minimum absolute atomic E-state index is 0. The zero-order valence-electron chi connectivity index (χ0n) is 20.4. The van der Waals surface area contributed by atoms with Crippen LogP contribution in [0.25, 0.3) is 0 Å². The Bertz CT molecular complexity index is 917. The Morgan fingerprint density at radius 2 is 1.53 bits per heavy atom. The van der Waals surface area contributed by atoms with Gasteiger partial charge >= 0.3 is 0 Å². The number of hydrogen-bond donors (Lipinski definition) is 0. The van der Waals surface area contributed by atoms with Crippen LogP contribution in [0.15, 0.2) is 30.3 Å². The quantitative estimate of drug-likeness (QED) is 0.436. The number of ketones is 1. The van der Waals surface area contributed by atoms with Crippen molar-refractivity contribution in [3.8, 4) is 0 Å². The van der Waals surface area contributed by atoms with E-state index < -0.39 is 5.92 Å². The number of rotatable bonds is 7. The van der Waals surface area contributed by atoms with Crippen molar-refractivity contribution in [3.63, 3.8) is 0 Å². The number of nitrogens with zero attached hydrogens (tertiary/aromatic N) is 3. The highest BCUT2D eigenvalue weighted by Gasteiger charge is 2.66. The maximum atomic E-state index is 13.2. The number of piperazine rings is 1. The van der Waals surface area contributed by atoms with Crippen LogP contribution in [0.4, 0.5) is 0 Å². The summed E-state index contributed by atoms with van der Waals surface area (Å²) in [7, 11) is 0. The number of carbonyl (C=O) groups is 3. The summed E-state index contributed by atoms with van der Waals surface area (Å²) < 4.78 is 0. The Kier molecular flexibility index (Phi) is 7.51. The van der Waals surface area contributed by atoms with Gasteiger partial charge in [0.1, 0.15) is 5.78 Å². The van der Waals surface area contributed by atoms with Gasteiger partial charge in [-0.15, -0.1) is 12.4 Å². The summed E-state index contributed by atoms with van der Waals surface area (Å²) >= 11 is 0. The van der Waals surface area contributed by atoms with Crippen LogP contribution in [0.2, 0.25) is 0 Å². The Hall–Kier alpha value is -1.76. The average Bonchev–Trinajstić information content (AvgIpc) is 3.04. The summed E-state index contributed by atoms with van der Waals surface area (Å²) in [5.74, 6) is -0.597. The first-order valence-electron chi connectivity index (χ1n) is 12.7. The molecule has 34 heavy (non-hydrogen) atoms. The van der Waals surface area contributed by atoms with Crippen molar-refractivity contribution in [1.29, 1.82) is 0 Å². The summed E-state index contributed by atoms with van der Waals surface area (Å²) in [6.45, 7) is 11.0. The molecule has 3 saturated carbocycles. The third-order valence-corrected chi connectivity index (χ3v) is 8.75. The standard InChI is InChI=1S/C27H37N3O3.ClH/c1-19-16-27(2)17-21(31)22(19)23-24(27)26(33)30(25(23)32)11-7-6-10-28-12-14-29(15-13-28)18-20-8-4-3-5-9-20;/h3-5,8-9,19,22-24H,6-7,10-18H2,1-2H3;1H/t19?,22-,23?,24?,27+;/m0./s1. The first-order valence-corrected chi connectivity index (χ1v) is 12.7. The van der Waals surface area contributed by atoms with E-state index in [1.54, 1.807) is 0 Å². The molecule has 6 nitrogen and oxygen atoms in total. The molecule has 0 N–H and O–H groups in total. The van der Waals surface area contributed by atoms with Crippen molar-refractivity contribution in [3.05, 3.63) is 35.9 Å². The van der Waals surface area contributed by atoms with Gasteiger partial charge in [0.15, 0.2) is 0 Å². The Balaban J connectivity index is 0.00000274. The highest BCUT2D eigenvalue weighted by Crippen LogP contribution is 2.60. The van der Waals surface area contributed by atoms with Crippen LogP contribution in [0.3, 0.4) is 0 Å². The van der Waals surface area contributed by atoms with E-state index in [1.165, 1.54) is 10.5 Å². The molecule has 2 amide bonds. The predicted molar refractivity (Wildman–Crippen MR) is 133 cm³/mol. The fraction of sp³-hybridized carbons (Fsp3) is 0.667. The SMILES string of the molecule is CC1C[C@]2(C)CC(=O)[C@H]1C1C(=O)N(CCCCN3CCN(Cc4ccccc4)CC3)C(=O)C12.Cl. The normalized spacial score (nSPS) is 33.8. The maximum Gasteiger partial charge on any atom is 0.233 e. The molecule has 3 unspecified atom stereocenters. The second-order valence-electron chi connectivity index (χ2n) is 11.1. The first kappa shape index (κ1) is 25.3. The smallest absolute Gasteiger partial charge is 0.233 e. The molecule has 3 aliphatic carbocycles. The first-order chi connectivity index (χ1) is 15.9. The largest absolute Gasteiger partial charge is 0.301 e. The molecule has 2 saturated heterocycles. The summed E-state index contributed by atoms with van der Waals surface area (Å²) in [6, 6.07) is 10.6. The number of imide groups is 1. The molecule has 7 heteroatoms. The molecule has 2 bridgehead atoms. The fourth-order valence-electron chi connectivity index (χ4n) is 7.24. The number of amides is 2. The van der Waals surface area contributed by atoms with E-state index in [-0.39, 0.29) is 53.2 Å². The van der Waals surface area contributed by atoms with E-state index >= 15 is 0 Å². The number of benzene rings is 1.